The number of benzene rings is 2. The summed E-state index contributed by atoms with van der Waals surface area (Å²) in [6, 6.07) is 14.4. The Morgan fingerprint density at radius 3 is 2.50 bits per heavy atom. The highest BCUT2D eigenvalue weighted by Crippen LogP contribution is 2.48. The Labute approximate surface area is 172 Å². The summed E-state index contributed by atoms with van der Waals surface area (Å²) in [5, 5.41) is -0.0227. The number of rotatable bonds is 5. The van der Waals surface area contributed by atoms with Crippen molar-refractivity contribution in [1.29, 1.82) is 0 Å². The van der Waals surface area contributed by atoms with Crippen LogP contribution in [0, 0.1) is 5.92 Å². The second-order valence-electron chi connectivity index (χ2n) is 6.71. The Hall–Kier alpha value is -2.01. The number of anilines is 1. The van der Waals surface area contributed by atoms with E-state index in [2.05, 4.69) is 36.1 Å². The van der Waals surface area contributed by atoms with Crippen molar-refractivity contribution in [1.82, 2.24) is 0 Å². The van der Waals surface area contributed by atoms with Crippen LogP contribution in [0.5, 0.6) is 5.75 Å². The molecule has 0 bridgehead atoms. The van der Waals surface area contributed by atoms with E-state index in [9.17, 15) is 4.39 Å². The average Bonchev–Trinajstić information content (AvgIpc) is 3.20. The minimum atomic E-state index is -0.828. The standard InChI is InChI=1S/C21H23FN2OS.C2H6/c1-4-14(18(22)5-2)21-24-19-9-7-6-8-16(19)15-11-10-13(25-3)12-17(15)20(24)23-26-21;1-2/h6-12,14,18,21H,4-5H2,1-3H3;1-2H3. The summed E-state index contributed by atoms with van der Waals surface area (Å²) in [5.74, 6) is 1.66. The third-order valence-electron chi connectivity index (χ3n) is 5.34. The van der Waals surface area contributed by atoms with Gasteiger partial charge in [-0.3, -0.25) is 0 Å². The Morgan fingerprint density at radius 1 is 1.07 bits per heavy atom. The SMILES string of the molecule is CC.CCC(F)C(CC)C1SN=C2c3cc(OC)ccc3-c3ccccc3N21. The van der Waals surface area contributed by atoms with Crippen LogP contribution < -0.4 is 9.64 Å². The minimum Gasteiger partial charge on any atom is -0.497 e. The predicted molar refractivity (Wildman–Crippen MR) is 119 cm³/mol. The second kappa shape index (κ2) is 8.99. The van der Waals surface area contributed by atoms with Gasteiger partial charge in [0.2, 0.25) is 0 Å². The van der Waals surface area contributed by atoms with E-state index in [1.54, 1.807) is 7.11 Å². The van der Waals surface area contributed by atoms with E-state index in [0.29, 0.717) is 6.42 Å². The van der Waals surface area contributed by atoms with E-state index in [4.69, 9.17) is 9.13 Å². The first kappa shape index (κ1) is 20.7. The van der Waals surface area contributed by atoms with Crippen molar-refractivity contribution in [3.05, 3.63) is 48.0 Å². The average molecular weight is 401 g/mol. The number of hydrogen-bond acceptors (Lipinski definition) is 4. The van der Waals surface area contributed by atoms with Crippen LogP contribution in [0.1, 0.15) is 46.1 Å². The molecule has 4 rings (SSSR count). The summed E-state index contributed by atoms with van der Waals surface area (Å²) in [6.45, 7) is 7.98. The lowest BCUT2D eigenvalue weighted by molar-refractivity contribution is 0.213. The number of amidine groups is 1. The van der Waals surface area contributed by atoms with E-state index in [0.717, 1.165) is 34.8 Å². The molecular weight excluding hydrogens is 371 g/mol. The maximum atomic E-state index is 14.7. The second-order valence-corrected chi connectivity index (χ2v) is 7.58. The number of alkyl halides is 1. The fraction of sp³-hybridized carbons (Fsp3) is 0.435. The summed E-state index contributed by atoms with van der Waals surface area (Å²) >= 11 is 1.50. The highest BCUT2D eigenvalue weighted by atomic mass is 32.2. The van der Waals surface area contributed by atoms with E-state index >= 15 is 0 Å². The number of hydrogen-bond donors (Lipinski definition) is 0. The van der Waals surface area contributed by atoms with Crippen LogP contribution in [-0.2, 0) is 0 Å². The molecule has 2 aromatic rings. The molecule has 28 heavy (non-hydrogen) atoms. The number of para-hydroxylation sites is 1. The predicted octanol–water partition coefficient (Wildman–Crippen LogP) is 6.72. The van der Waals surface area contributed by atoms with Gasteiger partial charge in [0.25, 0.3) is 0 Å². The first-order valence-electron chi connectivity index (χ1n) is 10.1. The van der Waals surface area contributed by atoms with Crippen LogP contribution in [0.2, 0.25) is 0 Å². The molecule has 5 heteroatoms. The van der Waals surface area contributed by atoms with Crippen molar-refractivity contribution in [2.75, 3.05) is 12.0 Å². The Balaban J connectivity index is 0.00000109. The molecule has 0 aromatic heterocycles. The van der Waals surface area contributed by atoms with Gasteiger partial charge in [0.1, 0.15) is 23.1 Å². The van der Waals surface area contributed by atoms with Gasteiger partial charge in [-0.05, 0) is 42.7 Å². The maximum Gasteiger partial charge on any atom is 0.150 e. The van der Waals surface area contributed by atoms with E-state index in [1.807, 2.05) is 39.0 Å². The molecule has 150 valence electrons. The van der Waals surface area contributed by atoms with Gasteiger partial charge in [-0.2, -0.15) is 4.40 Å². The van der Waals surface area contributed by atoms with Gasteiger partial charge >= 0.3 is 0 Å². The molecule has 2 aliphatic rings. The van der Waals surface area contributed by atoms with Crippen LogP contribution in [0.15, 0.2) is 46.9 Å². The lowest BCUT2D eigenvalue weighted by Crippen LogP contribution is -2.44. The topological polar surface area (TPSA) is 24.8 Å². The van der Waals surface area contributed by atoms with E-state index < -0.39 is 6.17 Å². The van der Waals surface area contributed by atoms with Gasteiger partial charge in [0.15, 0.2) is 0 Å². The number of nitrogens with zero attached hydrogens (tertiary/aromatic N) is 2. The van der Waals surface area contributed by atoms with Gasteiger partial charge < -0.3 is 9.64 Å². The Bertz CT molecular complexity index is 854. The van der Waals surface area contributed by atoms with Gasteiger partial charge in [0.05, 0.1) is 12.8 Å². The first-order valence-corrected chi connectivity index (χ1v) is 11.0. The summed E-state index contributed by atoms with van der Waals surface area (Å²) < 4.78 is 24.9. The normalized spacial score (nSPS) is 18.7. The Morgan fingerprint density at radius 2 is 1.82 bits per heavy atom. The summed E-state index contributed by atoms with van der Waals surface area (Å²) in [5.41, 5.74) is 4.48. The zero-order chi connectivity index (χ0) is 20.3. The fourth-order valence-corrected chi connectivity index (χ4v) is 5.16. The quantitative estimate of drug-likeness (QED) is 0.521. The number of fused-ring (bicyclic) bond motifs is 6. The van der Waals surface area contributed by atoms with Crippen LogP contribution >= 0.6 is 11.9 Å². The number of ether oxygens (including phenoxy) is 1. The fourth-order valence-electron chi connectivity index (χ4n) is 3.94. The molecule has 2 aliphatic heterocycles. The van der Waals surface area contributed by atoms with E-state index in [1.165, 1.54) is 17.5 Å². The van der Waals surface area contributed by atoms with Gasteiger partial charge in [-0.1, -0.05) is 45.9 Å². The van der Waals surface area contributed by atoms with Crippen molar-refractivity contribution in [3.8, 4) is 16.9 Å². The molecule has 0 radical (unpaired) electrons. The van der Waals surface area contributed by atoms with Crippen molar-refractivity contribution < 1.29 is 9.13 Å². The molecule has 2 heterocycles. The van der Waals surface area contributed by atoms with Gasteiger partial charge in [-0.25, -0.2) is 4.39 Å². The number of methoxy groups -OCH3 is 1. The molecule has 0 saturated heterocycles. The van der Waals surface area contributed by atoms with Crippen molar-refractivity contribution in [3.63, 3.8) is 0 Å². The Kier molecular flexibility index (Phi) is 6.65. The molecule has 0 saturated carbocycles. The molecule has 0 N–H and O–H groups in total. The molecule has 0 amide bonds. The molecule has 2 aromatic carbocycles. The highest BCUT2D eigenvalue weighted by molar-refractivity contribution is 7.99. The summed E-state index contributed by atoms with van der Waals surface area (Å²) in [4.78, 5) is 2.23. The molecule has 0 spiro atoms. The maximum absolute atomic E-state index is 14.7. The van der Waals surface area contributed by atoms with Crippen molar-refractivity contribution >= 4 is 23.5 Å². The largest absolute Gasteiger partial charge is 0.497 e. The molecule has 3 nitrogen and oxygen atoms in total. The van der Waals surface area contributed by atoms with Gasteiger partial charge in [-0.15, -0.1) is 0 Å². The lowest BCUT2D eigenvalue weighted by atomic mass is 9.90. The van der Waals surface area contributed by atoms with Crippen LogP contribution in [0.4, 0.5) is 10.1 Å². The van der Waals surface area contributed by atoms with Crippen molar-refractivity contribution in [2.24, 2.45) is 10.3 Å². The zero-order valence-electron chi connectivity index (χ0n) is 17.3. The number of halogens is 1. The minimum absolute atomic E-state index is 0.0227. The smallest absolute Gasteiger partial charge is 0.150 e. The highest BCUT2D eigenvalue weighted by Gasteiger charge is 2.42. The lowest BCUT2D eigenvalue weighted by Gasteiger charge is -2.37. The van der Waals surface area contributed by atoms with Crippen molar-refractivity contribution in [2.45, 2.75) is 52.1 Å². The van der Waals surface area contributed by atoms with Crippen LogP contribution in [0.3, 0.4) is 0 Å². The molecule has 0 fully saturated rings. The summed E-state index contributed by atoms with van der Waals surface area (Å²) in [6.07, 6.45) is 0.495. The monoisotopic (exact) mass is 400 g/mol. The van der Waals surface area contributed by atoms with Crippen LogP contribution in [-0.4, -0.2) is 24.5 Å². The molecular formula is C23H29FN2OS. The zero-order valence-corrected chi connectivity index (χ0v) is 18.1. The van der Waals surface area contributed by atoms with Gasteiger partial charge in [0, 0.05) is 29.0 Å². The molecule has 0 aliphatic carbocycles. The van der Waals surface area contributed by atoms with Crippen LogP contribution in [0.25, 0.3) is 11.1 Å². The summed E-state index contributed by atoms with van der Waals surface area (Å²) in [7, 11) is 1.67. The third kappa shape index (κ3) is 3.41. The molecule has 3 atom stereocenters. The molecule has 3 unspecified atom stereocenters. The first-order chi connectivity index (χ1) is 13.7. The van der Waals surface area contributed by atoms with E-state index in [-0.39, 0.29) is 11.3 Å². The third-order valence-corrected chi connectivity index (χ3v) is 6.40.